The molecule has 5 heteroatoms. The molecule has 2 aromatic carbocycles. The second-order valence-electron chi connectivity index (χ2n) is 5.08. The predicted octanol–water partition coefficient (Wildman–Crippen LogP) is 5.01. The number of fused-ring (bicyclic) bond motifs is 1. The number of carbonyl (C=O) groups is 1. The summed E-state index contributed by atoms with van der Waals surface area (Å²) in [5, 5.41) is 2.07. The molecule has 112 valence electrons. The maximum atomic E-state index is 12.5. The fourth-order valence-electron chi connectivity index (χ4n) is 2.29. The van der Waals surface area contributed by atoms with E-state index in [4.69, 9.17) is 27.6 Å². The Hall–Kier alpha value is -1.97. The molecular formula is C17H13Cl2NO2. The number of rotatable bonds is 3. The van der Waals surface area contributed by atoms with E-state index in [0.717, 1.165) is 10.9 Å². The fraction of sp³-hybridized carbons (Fsp3) is 0.118. The molecule has 0 spiro atoms. The van der Waals surface area contributed by atoms with Crippen molar-refractivity contribution in [2.75, 3.05) is 7.05 Å². The molecule has 0 bridgehead atoms. The minimum atomic E-state index is -0.188. The number of benzene rings is 2. The van der Waals surface area contributed by atoms with E-state index >= 15 is 0 Å². The van der Waals surface area contributed by atoms with Gasteiger partial charge >= 0.3 is 0 Å². The standard InChI is InChI=1S/C17H13Cl2NO2/c1-20(10-11-3-2-4-13(18)7-11)17(21)16-9-12-8-14(19)5-6-15(12)22-16/h2-9H,10H2,1H3. The molecule has 0 N–H and O–H groups in total. The van der Waals surface area contributed by atoms with Crippen LogP contribution in [0.2, 0.25) is 10.0 Å². The minimum Gasteiger partial charge on any atom is -0.451 e. The molecule has 3 rings (SSSR count). The van der Waals surface area contributed by atoms with Crippen LogP contribution in [0.25, 0.3) is 11.0 Å². The van der Waals surface area contributed by atoms with E-state index in [1.165, 1.54) is 0 Å². The van der Waals surface area contributed by atoms with E-state index in [9.17, 15) is 4.79 Å². The first-order valence-corrected chi connectivity index (χ1v) is 7.47. The molecule has 22 heavy (non-hydrogen) atoms. The molecule has 0 unspecified atom stereocenters. The van der Waals surface area contributed by atoms with Crippen molar-refractivity contribution in [2.45, 2.75) is 6.54 Å². The quantitative estimate of drug-likeness (QED) is 0.674. The summed E-state index contributed by atoms with van der Waals surface area (Å²) in [7, 11) is 1.73. The van der Waals surface area contributed by atoms with Crippen molar-refractivity contribution in [2.24, 2.45) is 0 Å². The first-order chi connectivity index (χ1) is 10.5. The molecule has 0 saturated carbocycles. The van der Waals surface area contributed by atoms with Crippen LogP contribution in [-0.2, 0) is 6.54 Å². The molecule has 0 aliphatic carbocycles. The first-order valence-electron chi connectivity index (χ1n) is 6.72. The monoisotopic (exact) mass is 333 g/mol. The van der Waals surface area contributed by atoms with Crippen molar-refractivity contribution in [3.63, 3.8) is 0 Å². The highest BCUT2D eigenvalue weighted by molar-refractivity contribution is 6.31. The Kier molecular flexibility index (Phi) is 4.10. The zero-order chi connectivity index (χ0) is 15.7. The maximum Gasteiger partial charge on any atom is 0.289 e. The van der Waals surface area contributed by atoms with Gasteiger partial charge in [0, 0.05) is 29.0 Å². The van der Waals surface area contributed by atoms with Crippen LogP contribution in [0.5, 0.6) is 0 Å². The summed E-state index contributed by atoms with van der Waals surface area (Å²) in [6.07, 6.45) is 0. The van der Waals surface area contributed by atoms with Crippen LogP contribution in [0.3, 0.4) is 0 Å². The smallest absolute Gasteiger partial charge is 0.289 e. The van der Waals surface area contributed by atoms with Crippen molar-refractivity contribution in [1.82, 2.24) is 4.90 Å². The lowest BCUT2D eigenvalue weighted by Crippen LogP contribution is -2.25. The van der Waals surface area contributed by atoms with E-state index in [0.29, 0.717) is 27.9 Å². The van der Waals surface area contributed by atoms with Gasteiger partial charge in [-0.3, -0.25) is 4.79 Å². The van der Waals surface area contributed by atoms with Crippen LogP contribution >= 0.6 is 23.2 Å². The summed E-state index contributed by atoms with van der Waals surface area (Å²) in [6, 6.07) is 14.4. The third-order valence-electron chi connectivity index (χ3n) is 3.34. The van der Waals surface area contributed by atoms with E-state index in [1.807, 2.05) is 18.2 Å². The number of furan rings is 1. The first kappa shape index (κ1) is 14.9. The van der Waals surface area contributed by atoms with Gasteiger partial charge in [0.1, 0.15) is 5.58 Å². The van der Waals surface area contributed by atoms with Crippen LogP contribution in [-0.4, -0.2) is 17.9 Å². The third-order valence-corrected chi connectivity index (χ3v) is 3.81. The summed E-state index contributed by atoms with van der Waals surface area (Å²) in [5.41, 5.74) is 1.60. The molecule has 0 fully saturated rings. The Morgan fingerprint density at radius 2 is 1.86 bits per heavy atom. The van der Waals surface area contributed by atoms with Crippen LogP contribution < -0.4 is 0 Å². The lowest BCUT2D eigenvalue weighted by atomic mass is 10.2. The second-order valence-corrected chi connectivity index (χ2v) is 5.96. The number of nitrogens with zero attached hydrogens (tertiary/aromatic N) is 1. The van der Waals surface area contributed by atoms with Gasteiger partial charge in [-0.15, -0.1) is 0 Å². The number of carbonyl (C=O) groups excluding carboxylic acids is 1. The number of hydrogen-bond acceptors (Lipinski definition) is 2. The number of halogens is 2. The second kappa shape index (κ2) is 6.03. The van der Waals surface area contributed by atoms with Gasteiger partial charge in [-0.2, -0.15) is 0 Å². The summed E-state index contributed by atoms with van der Waals surface area (Å²) in [6.45, 7) is 0.456. The van der Waals surface area contributed by atoms with Gasteiger partial charge in [0.25, 0.3) is 5.91 Å². The van der Waals surface area contributed by atoms with Crippen LogP contribution in [0.1, 0.15) is 16.1 Å². The summed E-state index contributed by atoms with van der Waals surface area (Å²) in [4.78, 5) is 14.0. The Morgan fingerprint density at radius 1 is 1.09 bits per heavy atom. The number of hydrogen-bond donors (Lipinski definition) is 0. The largest absolute Gasteiger partial charge is 0.451 e. The average molecular weight is 334 g/mol. The maximum absolute atomic E-state index is 12.5. The molecule has 0 radical (unpaired) electrons. The van der Waals surface area contributed by atoms with Crippen LogP contribution in [0.4, 0.5) is 0 Å². The van der Waals surface area contributed by atoms with Crippen molar-refractivity contribution >= 4 is 40.1 Å². The van der Waals surface area contributed by atoms with E-state index in [2.05, 4.69) is 0 Å². The minimum absolute atomic E-state index is 0.188. The van der Waals surface area contributed by atoms with E-state index in [-0.39, 0.29) is 5.91 Å². The highest BCUT2D eigenvalue weighted by Crippen LogP contribution is 2.24. The van der Waals surface area contributed by atoms with E-state index in [1.54, 1.807) is 42.3 Å². The van der Waals surface area contributed by atoms with Crippen molar-refractivity contribution in [1.29, 1.82) is 0 Å². The Balaban J connectivity index is 1.82. The molecule has 1 amide bonds. The fourth-order valence-corrected chi connectivity index (χ4v) is 2.68. The molecule has 3 nitrogen and oxygen atoms in total. The van der Waals surface area contributed by atoms with Crippen molar-refractivity contribution in [3.05, 3.63) is 69.9 Å². The van der Waals surface area contributed by atoms with Crippen molar-refractivity contribution < 1.29 is 9.21 Å². The van der Waals surface area contributed by atoms with Crippen LogP contribution in [0, 0.1) is 0 Å². The highest BCUT2D eigenvalue weighted by Gasteiger charge is 2.17. The summed E-state index contributed by atoms with van der Waals surface area (Å²) in [5.74, 6) is 0.106. The average Bonchev–Trinajstić information content (AvgIpc) is 2.89. The molecule has 0 aliphatic heterocycles. The van der Waals surface area contributed by atoms with Gasteiger partial charge in [-0.05, 0) is 42.0 Å². The van der Waals surface area contributed by atoms with E-state index < -0.39 is 0 Å². The predicted molar refractivity (Wildman–Crippen MR) is 88.5 cm³/mol. The summed E-state index contributed by atoms with van der Waals surface area (Å²) >= 11 is 11.9. The van der Waals surface area contributed by atoms with Gasteiger partial charge in [-0.1, -0.05) is 35.3 Å². The SMILES string of the molecule is CN(Cc1cccc(Cl)c1)C(=O)c1cc2cc(Cl)ccc2o1. The molecular weight excluding hydrogens is 321 g/mol. The topological polar surface area (TPSA) is 33.5 Å². The lowest BCUT2D eigenvalue weighted by Gasteiger charge is -2.15. The van der Waals surface area contributed by atoms with Gasteiger partial charge in [-0.25, -0.2) is 0 Å². The van der Waals surface area contributed by atoms with Gasteiger partial charge in [0.05, 0.1) is 0 Å². The van der Waals surface area contributed by atoms with Gasteiger partial charge in [0.15, 0.2) is 5.76 Å². The third kappa shape index (κ3) is 3.11. The zero-order valence-electron chi connectivity index (χ0n) is 11.8. The normalized spacial score (nSPS) is 10.9. The van der Waals surface area contributed by atoms with Gasteiger partial charge < -0.3 is 9.32 Å². The molecule has 3 aromatic rings. The Labute approximate surface area is 138 Å². The van der Waals surface area contributed by atoms with Gasteiger partial charge in [0.2, 0.25) is 0 Å². The van der Waals surface area contributed by atoms with Crippen molar-refractivity contribution in [3.8, 4) is 0 Å². The highest BCUT2D eigenvalue weighted by atomic mass is 35.5. The Bertz CT molecular complexity index is 842. The Morgan fingerprint density at radius 3 is 2.64 bits per heavy atom. The summed E-state index contributed by atoms with van der Waals surface area (Å²) < 4.78 is 5.59. The molecule has 0 atom stereocenters. The van der Waals surface area contributed by atoms with Crippen LogP contribution in [0.15, 0.2) is 52.9 Å². The molecule has 0 saturated heterocycles. The molecule has 0 aliphatic rings. The molecule has 1 aromatic heterocycles. The zero-order valence-corrected chi connectivity index (χ0v) is 13.4. The number of amides is 1. The molecule has 1 heterocycles. The lowest BCUT2D eigenvalue weighted by molar-refractivity contribution is 0.0756.